The highest BCUT2D eigenvalue weighted by molar-refractivity contribution is 5.95. The maximum Gasteiger partial charge on any atom is 0.253 e. The van der Waals surface area contributed by atoms with Gasteiger partial charge in [0.25, 0.3) is 5.91 Å². The summed E-state index contributed by atoms with van der Waals surface area (Å²) >= 11 is 0. The second-order valence-electron chi connectivity index (χ2n) is 8.48. The standard InChI is InChI=1S/C23H26F2N2O2/c1-23(2,3)17-9-7-16(8-10-17)22(29)27-13-11-15(12-14-27)21(28)26-20-18(24)5-4-6-19(20)25/h4-10,15H,11-14H2,1-3H3,(H,26,28). The average molecular weight is 400 g/mol. The van der Waals surface area contributed by atoms with E-state index in [0.29, 0.717) is 31.5 Å². The highest BCUT2D eigenvalue weighted by atomic mass is 19.1. The summed E-state index contributed by atoms with van der Waals surface area (Å²) in [6.07, 6.45) is 0.904. The van der Waals surface area contributed by atoms with Gasteiger partial charge in [-0.15, -0.1) is 0 Å². The van der Waals surface area contributed by atoms with Crippen LogP contribution in [0.1, 0.15) is 49.5 Å². The van der Waals surface area contributed by atoms with Crippen LogP contribution in [0.4, 0.5) is 14.5 Å². The first kappa shape index (κ1) is 21.0. The van der Waals surface area contributed by atoms with E-state index >= 15 is 0 Å². The molecule has 1 heterocycles. The number of carbonyl (C=O) groups excluding carboxylic acids is 2. The SMILES string of the molecule is CC(C)(C)c1ccc(C(=O)N2CCC(C(=O)Nc3c(F)cccc3F)CC2)cc1. The fourth-order valence-electron chi connectivity index (χ4n) is 3.48. The fraction of sp³-hybridized carbons (Fsp3) is 0.391. The summed E-state index contributed by atoms with van der Waals surface area (Å²) < 4.78 is 27.5. The Balaban J connectivity index is 1.58. The quantitative estimate of drug-likeness (QED) is 0.808. The van der Waals surface area contributed by atoms with Crippen molar-refractivity contribution in [2.24, 2.45) is 5.92 Å². The van der Waals surface area contributed by atoms with E-state index in [-0.39, 0.29) is 17.2 Å². The number of halogens is 2. The van der Waals surface area contributed by atoms with Crippen molar-refractivity contribution in [3.05, 3.63) is 65.2 Å². The minimum Gasteiger partial charge on any atom is -0.339 e. The zero-order chi connectivity index (χ0) is 21.2. The molecule has 0 unspecified atom stereocenters. The molecule has 0 aromatic heterocycles. The molecule has 154 valence electrons. The van der Waals surface area contributed by atoms with Crippen LogP contribution in [0.3, 0.4) is 0 Å². The number of carbonyl (C=O) groups is 2. The van der Waals surface area contributed by atoms with E-state index in [4.69, 9.17) is 0 Å². The van der Waals surface area contributed by atoms with Gasteiger partial charge in [0.1, 0.15) is 17.3 Å². The van der Waals surface area contributed by atoms with E-state index in [0.717, 1.165) is 17.7 Å². The minimum atomic E-state index is -0.801. The number of benzene rings is 2. The fourth-order valence-corrected chi connectivity index (χ4v) is 3.48. The molecule has 1 fully saturated rings. The first-order valence-corrected chi connectivity index (χ1v) is 9.81. The molecular formula is C23H26F2N2O2. The molecule has 0 spiro atoms. The number of hydrogen-bond acceptors (Lipinski definition) is 2. The van der Waals surface area contributed by atoms with Crippen molar-refractivity contribution in [1.29, 1.82) is 0 Å². The number of anilines is 1. The van der Waals surface area contributed by atoms with Gasteiger partial charge in [0.05, 0.1) is 0 Å². The number of amides is 2. The molecule has 1 aliphatic heterocycles. The highest BCUT2D eigenvalue weighted by Crippen LogP contribution is 2.25. The van der Waals surface area contributed by atoms with E-state index in [1.54, 1.807) is 4.90 Å². The van der Waals surface area contributed by atoms with Crippen LogP contribution in [0.25, 0.3) is 0 Å². The van der Waals surface area contributed by atoms with Crippen molar-refractivity contribution in [2.45, 2.75) is 39.0 Å². The lowest BCUT2D eigenvalue weighted by molar-refractivity contribution is -0.121. The van der Waals surface area contributed by atoms with Crippen LogP contribution in [0.15, 0.2) is 42.5 Å². The Morgan fingerprint density at radius 2 is 1.52 bits per heavy atom. The monoisotopic (exact) mass is 400 g/mol. The Morgan fingerprint density at radius 3 is 2.03 bits per heavy atom. The van der Waals surface area contributed by atoms with Crippen LogP contribution in [0.5, 0.6) is 0 Å². The molecule has 29 heavy (non-hydrogen) atoms. The summed E-state index contributed by atoms with van der Waals surface area (Å²) in [5.41, 5.74) is 1.37. The average Bonchev–Trinajstić information content (AvgIpc) is 2.70. The molecule has 0 bridgehead atoms. The zero-order valence-electron chi connectivity index (χ0n) is 17.0. The Bertz CT molecular complexity index is 876. The molecule has 0 aliphatic carbocycles. The topological polar surface area (TPSA) is 49.4 Å². The number of piperidine rings is 1. The predicted molar refractivity (Wildman–Crippen MR) is 109 cm³/mol. The molecule has 1 aliphatic rings. The van der Waals surface area contributed by atoms with Gasteiger partial charge in [0.2, 0.25) is 5.91 Å². The van der Waals surface area contributed by atoms with Crippen LogP contribution in [0.2, 0.25) is 0 Å². The second-order valence-corrected chi connectivity index (χ2v) is 8.48. The summed E-state index contributed by atoms with van der Waals surface area (Å²) in [5.74, 6) is -2.48. The number of nitrogens with zero attached hydrogens (tertiary/aromatic N) is 1. The molecular weight excluding hydrogens is 374 g/mol. The Labute approximate surface area is 169 Å². The van der Waals surface area contributed by atoms with Gasteiger partial charge in [0.15, 0.2) is 0 Å². The molecule has 2 amide bonds. The molecule has 1 N–H and O–H groups in total. The van der Waals surface area contributed by atoms with Crippen molar-refractivity contribution in [2.75, 3.05) is 18.4 Å². The van der Waals surface area contributed by atoms with Gasteiger partial charge < -0.3 is 10.2 Å². The number of likely N-dealkylation sites (tertiary alicyclic amines) is 1. The van der Waals surface area contributed by atoms with Crippen molar-refractivity contribution >= 4 is 17.5 Å². The normalized spacial score (nSPS) is 15.3. The highest BCUT2D eigenvalue weighted by Gasteiger charge is 2.29. The van der Waals surface area contributed by atoms with Gasteiger partial charge >= 0.3 is 0 Å². The molecule has 1 saturated heterocycles. The lowest BCUT2D eigenvalue weighted by Crippen LogP contribution is -2.41. The molecule has 2 aromatic rings. The smallest absolute Gasteiger partial charge is 0.253 e. The number of para-hydroxylation sites is 1. The molecule has 3 rings (SSSR count). The van der Waals surface area contributed by atoms with E-state index < -0.39 is 23.2 Å². The molecule has 4 nitrogen and oxygen atoms in total. The largest absolute Gasteiger partial charge is 0.339 e. The third kappa shape index (κ3) is 4.81. The van der Waals surface area contributed by atoms with Crippen LogP contribution in [-0.4, -0.2) is 29.8 Å². The van der Waals surface area contributed by atoms with Gasteiger partial charge in [-0.05, 0) is 48.1 Å². The molecule has 0 radical (unpaired) electrons. The first-order valence-electron chi connectivity index (χ1n) is 9.81. The summed E-state index contributed by atoms with van der Waals surface area (Å²) in [6, 6.07) is 11.1. The molecule has 2 aromatic carbocycles. The zero-order valence-corrected chi connectivity index (χ0v) is 17.0. The van der Waals surface area contributed by atoms with E-state index in [1.807, 2.05) is 24.3 Å². The predicted octanol–water partition coefficient (Wildman–Crippen LogP) is 4.75. The first-order chi connectivity index (χ1) is 13.7. The van der Waals surface area contributed by atoms with Gasteiger partial charge in [-0.25, -0.2) is 8.78 Å². The second kappa shape index (κ2) is 8.31. The van der Waals surface area contributed by atoms with Gasteiger partial charge in [-0.1, -0.05) is 39.0 Å². The summed E-state index contributed by atoms with van der Waals surface area (Å²) in [7, 11) is 0. The van der Waals surface area contributed by atoms with Gasteiger partial charge in [-0.2, -0.15) is 0 Å². The van der Waals surface area contributed by atoms with Crippen molar-refractivity contribution < 1.29 is 18.4 Å². The lowest BCUT2D eigenvalue weighted by atomic mass is 9.86. The number of hydrogen-bond donors (Lipinski definition) is 1. The van der Waals surface area contributed by atoms with Crippen LogP contribution in [0, 0.1) is 17.6 Å². The molecule has 0 atom stereocenters. The minimum absolute atomic E-state index is 0.0188. The third-order valence-electron chi connectivity index (χ3n) is 5.36. The van der Waals surface area contributed by atoms with Crippen molar-refractivity contribution in [1.82, 2.24) is 4.90 Å². The van der Waals surface area contributed by atoms with E-state index in [1.165, 1.54) is 6.07 Å². The van der Waals surface area contributed by atoms with Gasteiger partial charge in [0, 0.05) is 24.6 Å². The molecule has 6 heteroatoms. The van der Waals surface area contributed by atoms with Gasteiger partial charge in [-0.3, -0.25) is 9.59 Å². The van der Waals surface area contributed by atoms with Crippen molar-refractivity contribution in [3.63, 3.8) is 0 Å². The Morgan fingerprint density at radius 1 is 0.966 bits per heavy atom. The molecule has 0 saturated carbocycles. The maximum atomic E-state index is 13.7. The summed E-state index contributed by atoms with van der Waals surface area (Å²) in [6.45, 7) is 7.21. The Kier molecular flexibility index (Phi) is 6.01. The van der Waals surface area contributed by atoms with Crippen LogP contribution >= 0.6 is 0 Å². The number of nitrogens with one attached hydrogen (secondary N) is 1. The van der Waals surface area contributed by atoms with Crippen LogP contribution < -0.4 is 5.32 Å². The number of rotatable bonds is 3. The van der Waals surface area contributed by atoms with Crippen molar-refractivity contribution in [3.8, 4) is 0 Å². The Hall–Kier alpha value is -2.76. The summed E-state index contributed by atoms with van der Waals surface area (Å²) in [5, 5.41) is 2.35. The maximum absolute atomic E-state index is 13.7. The van der Waals surface area contributed by atoms with E-state index in [2.05, 4.69) is 26.1 Å². The third-order valence-corrected chi connectivity index (χ3v) is 5.36. The van der Waals surface area contributed by atoms with E-state index in [9.17, 15) is 18.4 Å². The lowest BCUT2D eigenvalue weighted by Gasteiger charge is -2.31. The summed E-state index contributed by atoms with van der Waals surface area (Å²) in [4.78, 5) is 26.9. The van der Waals surface area contributed by atoms with Crippen LogP contribution in [-0.2, 0) is 10.2 Å².